The van der Waals surface area contributed by atoms with Gasteiger partial charge in [0.2, 0.25) is 5.13 Å². The number of carbonyl (C=O) groups excluding carboxylic acids is 2. The third-order valence-corrected chi connectivity index (χ3v) is 10.4. The first-order valence-electron chi connectivity index (χ1n) is 16.0. The molecule has 1 aromatic heterocycles. The van der Waals surface area contributed by atoms with E-state index >= 15 is 0 Å². The van der Waals surface area contributed by atoms with Gasteiger partial charge in [-0.3, -0.25) is 14.5 Å². The van der Waals surface area contributed by atoms with Crippen molar-refractivity contribution >= 4 is 45.7 Å². The van der Waals surface area contributed by atoms with Crippen LogP contribution in [0.15, 0.2) is 101 Å². The number of hydrogen-bond donors (Lipinski definition) is 1. The molecule has 50 heavy (non-hydrogen) atoms. The maximum Gasteiger partial charge on any atom is 0.301 e. The second-order valence-corrected chi connectivity index (χ2v) is 14.0. The fourth-order valence-electron chi connectivity index (χ4n) is 5.97. The van der Waals surface area contributed by atoms with E-state index in [1.807, 2.05) is 44.2 Å². The molecule has 0 aliphatic carbocycles. The number of nitrogens with zero attached hydrogens (tertiary/aromatic N) is 3. The number of fused-ring (bicyclic) bond motifs is 1. The minimum atomic E-state index is -1.05. The van der Waals surface area contributed by atoms with Crippen molar-refractivity contribution in [2.75, 3.05) is 11.5 Å². The molecule has 3 heterocycles. The standard InChI is InChI=1S/C38H32FN3O6S2/c1-3-46-31-19-25(11-16-30(31)47-20-23-7-5-4-6-8-23)33-32(34(43)26-12-15-29-27(18-26)17-22(2)48-29)35(44)36(45)42(33)37-40-41-38(50-37)49-21-24-9-13-28(39)14-10-24/h4-16,18-19,22,33,43H,3,17,20-21H2,1-2H3/b34-32+/t22-,33-/m0/s1. The average Bonchev–Trinajstić information content (AvgIpc) is 3.82. The van der Waals surface area contributed by atoms with E-state index in [4.69, 9.17) is 14.2 Å². The number of benzene rings is 4. The molecule has 9 nitrogen and oxygen atoms in total. The Hall–Kier alpha value is -5.20. The number of ether oxygens (including phenoxy) is 3. The summed E-state index contributed by atoms with van der Waals surface area (Å²) in [6.07, 6.45) is 0.639. The minimum Gasteiger partial charge on any atom is -0.507 e. The van der Waals surface area contributed by atoms with Crippen LogP contribution >= 0.6 is 23.1 Å². The summed E-state index contributed by atoms with van der Waals surface area (Å²) in [6, 6.07) is 25.3. The van der Waals surface area contributed by atoms with Crippen LogP contribution in [0.4, 0.5) is 9.52 Å². The number of Topliss-reactive ketones (excluding diaryl/α,β-unsaturated/α-hetero) is 1. The van der Waals surface area contributed by atoms with Crippen molar-refractivity contribution in [2.45, 2.75) is 49.1 Å². The molecule has 4 aromatic carbocycles. The minimum absolute atomic E-state index is 0.0138. The summed E-state index contributed by atoms with van der Waals surface area (Å²) in [6.45, 7) is 4.46. The lowest BCUT2D eigenvalue weighted by Gasteiger charge is -2.24. The quantitative estimate of drug-likeness (QED) is 0.0481. The fraction of sp³-hybridized carbons (Fsp3) is 0.211. The lowest BCUT2D eigenvalue weighted by Crippen LogP contribution is -2.29. The van der Waals surface area contributed by atoms with Gasteiger partial charge in [-0.25, -0.2) is 4.39 Å². The Morgan fingerprint density at radius 1 is 0.980 bits per heavy atom. The van der Waals surface area contributed by atoms with Gasteiger partial charge in [0, 0.05) is 17.7 Å². The summed E-state index contributed by atoms with van der Waals surface area (Å²) in [5.74, 6) is -0.200. The number of rotatable bonds is 11. The third kappa shape index (κ3) is 6.81. The number of aliphatic hydroxyl groups excluding tert-OH is 1. The third-order valence-electron chi connectivity index (χ3n) is 8.31. The van der Waals surface area contributed by atoms with Gasteiger partial charge in [-0.05, 0) is 78.6 Å². The van der Waals surface area contributed by atoms with E-state index in [1.54, 1.807) is 48.5 Å². The maximum absolute atomic E-state index is 13.9. The number of carbonyl (C=O) groups is 2. The van der Waals surface area contributed by atoms with Crippen LogP contribution in [0.25, 0.3) is 5.76 Å². The smallest absolute Gasteiger partial charge is 0.301 e. The lowest BCUT2D eigenvalue weighted by atomic mass is 9.94. The summed E-state index contributed by atoms with van der Waals surface area (Å²) in [4.78, 5) is 29.0. The molecule has 0 radical (unpaired) electrons. The van der Waals surface area contributed by atoms with Crippen molar-refractivity contribution in [3.05, 3.63) is 130 Å². The maximum atomic E-state index is 13.9. The molecule has 2 atom stereocenters. The molecule has 2 aliphatic heterocycles. The summed E-state index contributed by atoms with van der Waals surface area (Å²) in [7, 11) is 0. The van der Waals surface area contributed by atoms with Crippen molar-refractivity contribution in [3.63, 3.8) is 0 Å². The number of halogens is 1. The Kier molecular flexibility index (Phi) is 9.55. The van der Waals surface area contributed by atoms with Crippen molar-refractivity contribution in [3.8, 4) is 17.2 Å². The molecule has 1 amide bonds. The summed E-state index contributed by atoms with van der Waals surface area (Å²) in [5, 5.41) is 20.6. The van der Waals surface area contributed by atoms with Crippen LogP contribution in [-0.2, 0) is 28.4 Å². The molecule has 0 bridgehead atoms. The van der Waals surface area contributed by atoms with Gasteiger partial charge in [0.25, 0.3) is 5.78 Å². The van der Waals surface area contributed by atoms with Crippen LogP contribution in [0.3, 0.4) is 0 Å². The summed E-state index contributed by atoms with van der Waals surface area (Å²) >= 11 is 2.53. The van der Waals surface area contributed by atoms with Gasteiger partial charge < -0.3 is 19.3 Å². The van der Waals surface area contributed by atoms with Gasteiger partial charge in [0.1, 0.15) is 30.0 Å². The van der Waals surface area contributed by atoms with Crippen LogP contribution in [0.5, 0.6) is 17.2 Å². The van der Waals surface area contributed by atoms with Crippen molar-refractivity contribution in [1.29, 1.82) is 0 Å². The number of amides is 1. The van der Waals surface area contributed by atoms with Crippen LogP contribution < -0.4 is 19.1 Å². The Morgan fingerprint density at radius 3 is 2.56 bits per heavy atom. The highest BCUT2D eigenvalue weighted by Gasteiger charge is 2.48. The predicted molar refractivity (Wildman–Crippen MR) is 189 cm³/mol. The van der Waals surface area contributed by atoms with Gasteiger partial charge in [0.05, 0.1) is 18.2 Å². The number of ketones is 1. The van der Waals surface area contributed by atoms with E-state index in [2.05, 4.69) is 10.2 Å². The molecule has 7 rings (SSSR count). The van der Waals surface area contributed by atoms with Crippen LogP contribution in [-0.4, -0.2) is 39.7 Å². The van der Waals surface area contributed by atoms with Crippen molar-refractivity contribution in [2.24, 2.45) is 0 Å². The largest absolute Gasteiger partial charge is 0.507 e. The number of thioether (sulfide) groups is 1. The molecular formula is C38H32FN3O6S2. The number of aliphatic hydroxyl groups is 1. The Morgan fingerprint density at radius 2 is 1.78 bits per heavy atom. The number of hydrogen-bond acceptors (Lipinski definition) is 10. The van der Waals surface area contributed by atoms with Gasteiger partial charge in [-0.2, -0.15) is 0 Å². The van der Waals surface area contributed by atoms with Gasteiger partial charge in [-0.1, -0.05) is 71.6 Å². The van der Waals surface area contributed by atoms with Crippen molar-refractivity contribution < 1.29 is 33.3 Å². The first-order valence-corrected chi connectivity index (χ1v) is 17.8. The Labute approximate surface area is 296 Å². The molecule has 0 saturated carbocycles. The van der Waals surface area contributed by atoms with E-state index in [0.29, 0.717) is 52.4 Å². The second-order valence-electron chi connectivity index (χ2n) is 11.8. The monoisotopic (exact) mass is 709 g/mol. The fourth-order valence-corrected chi connectivity index (χ4v) is 7.79. The van der Waals surface area contributed by atoms with Crippen LogP contribution in [0, 0.1) is 5.82 Å². The van der Waals surface area contributed by atoms with E-state index in [0.717, 1.165) is 33.8 Å². The molecule has 0 unspecified atom stereocenters. The molecule has 254 valence electrons. The lowest BCUT2D eigenvalue weighted by molar-refractivity contribution is -0.132. The van der Waals surface area contributed by atoms with Gasteiger partial charge >= 0.3 is 5.91 Å². The topological polar surface area (TPSA) is 111 Å². The van der Waals surface area contributed by atoms with E-state index in [1.165, 1.54) is 28.8 Å². The highest BCUT2D eigenvalue weighted by atomic mass is 32.2. The zero-order chi connectivity index (χ0) is 34.8. The van der Waals surface area contributed by atoms with Crippen LogP contribution in [0.2, 0.25) is 0 Å². The Bertz CT molecular complexity index is 2090. The van der Waals surface area contributed by atoms with Crippen LogP contribution in [0.1, 0.15) is 47.7 Å². The molecule has 1 N–H and O–H groups in total. The predicted octanol–water partition coefficient (Wildman–Crippen LogP) is 7.90. The van der Waals surface area contributed by atoms with E-state index in [9.17, 15) is 19.1 Å². The first kappa shape index (κ1) is 33.3. The zero-order valence-electron chi connectivity index (χ0n) is 27.2. The molecule has 1 saturated heterocycles. The molecule has 2 aliphatic rings. The van der Waals surface area contributed by atoms with Gasteiger partial charge in [-0.15, -0.1) is 10.2 Å². The number of aromatic nitrogens is 2. The van der Waals surface area contributed by atoms with Crippen molar-refractivity contribution in [1.82, 2.24) is 10.2 Å². The Balaban J connectivity index is 1.27. The highest BCUT2D eigenvalue weighted by Crippen LogP contribution is 2.46. The average molecular weight is 710 g/mol. The van der Waals surface area contributed by atoms with Gasteiger partial charge in [0.15, 0.2) is 15.8 Å². The number of anilines is 1. The molecule has 0 spiro atoms. The van der Waals surface area contributed by atoms with E-state index in [-0.39, 0.29) is 28.4 Å². The first-order chi connectivity index (χ1) is 24.3. The highest BCUT2D eigenvalue weighted by molar-refractivity contribution is 8.00. The molecule has 12 heteroatoms. The van der Waals surface area contributed by atoms with E-state index < -0.39 is 17.7 Å². The molecule has 1 fully saturated rings. The summed E-state index contributed by atoms with van der Waals surface area (Å²) in [5.41, 5.74) is 3.59. The normalized spacial score (nSPS) is 17.9. The zero-order valence-corrected chi connectivity index (χ0v) is 28.8. The summed E-state index contributed by atoms with van der Waals surface area (Å²) < 4.78 is 31.9. The SMILES string of the molecule is CCOc1cc([C@H]2/C(=C(\O)c3ccc4c(c3)C[C@H](C)O4)C(=O)C(=O)N2c2nnc(SCc3ccc(F)cc3)s2)ccc1OCc1ccccc1. The molecule has 5 aromatic rings. The second kappa shape index (κ2) is 14.3. The molecular weight excluding hydrogens is 678 g/mol.